The maximum Gasteiger partial charge on any atom is 0.222 e. The highest BCUT2D eigenvalue weighted by molar-refractivity contribution is 5.77. The van der Waals surface area contributed by atoms with Gasteiger partial charge in [0.2, 0.25) is 5.91 Å². The van der Waals surface area contributed by atoms with Crippen molar-refractivity contribution < 1.29 is 4.79 Å². The third-order valence-corrected chi connectivity index (χ3v) is 4.05. The number of amides is 1. The van der Waals surface area contributed by atoms with Gasteiger partial charge in [0.05, 0.1) is 5.92 Å². The largest absolute Gasteiger partial charge is 0.369 e. The third-order valence-electron chi connectivity index (χ3n) is 4.05. The van der Waals surface area contributed by atoms with Crippen LogP contribution in [-0.4, -0.2) is 16.9 Å². The Labute approximate surface area is 114 Å². The molecule has 4 nitrogen and oxygen atoms in total. The van der Waals surface area contributed by atoms with Gasteiger partial charge in [-0.3, -0.25) is 9.78 Å². The number of nitrogens with one attached hydrogen (secondary N) is 1. The van der Waals surface area contributed by atoms with E-state index in [1.165, 1.54) is 18.4 Å². The molecule has 1 aliphatic carbocycles. The zero-order valence-electron chi connectivity index (χ0n) is 11.6. The first kappa shape index (κ1) is 14.0. The van der Waals surface area contributed by atoms with Gasteiger partial charge in [-0.1, -0.05) is 25.3 Å². The lowest BCUT2D eigenvalue weighted by Crippen LogP contribution is -2.42. The van der Waals surface area contributed by atoms with Gasteiger partial charge in [0, 0.05) is 24.5 Å². The molecule has 1 aliphatic rings. The van der Waals surface area contributed by atoms with E-state index in [2.05, 4.69) is 16.4 Å². The van der Waals surface area contributed by atoms with Crippen LogP contribution in [0.1, 0.15) is 43.4 Å². The summed E-state index contributed by atoms with van der Waals surface area (Å²) in [4.78, 5) is 15.8. The molecule has 3 N–H and O–H groups in total. The number of hydrogen-bond acceptors (Lipinski definition) is 3. The fraction of sp³-hybridized carbons (Fsp3) is 0.600. The fourth-order valence-electron chi connectivity index (χ4n) is 2.84. The van der Waals surface area contributed by atoms with Crippen LogP contribution in [-0.2, 0) is 11.3 Å². The standard InChI is InChI=1S/C15H23N3O/c1-11-12(6-5-9-17-11)10-18-14-8-4-2-3-7-13(14)15(16)19/h5-6,9,13-14,18H,2-4,7-8,10H2,1H3,(H2,16,19). The lowest BCUT2D eigenvalue weighted by molar-refractivity contribution is -0.122. The van der Waals surface area contributed by atoms with Gasteiger partial charge in [0.25, 0.3) is 0 Å². The van der Waals surface area contributed by atoms with Gasteiger partial charge in [-0.15, -0.1) is 0 Å². The molecule has 0 radical (unpaired) electrons. The molecule has 1 saturated carbocycles. The molecule has 1 aromatic heterocycles. The second-order valence-corrected chi connectivity index (χ2v) is 5.38. The molecule has 0 aliphatic heterocycles. The molecule has 4 heteroatoms. The van der Waals surface area contributed by atoms with Crippen molar-refractivity contribution in [2.45, 2.75) is 51.6 Å². The van der Waals surface area contributed by atoms with Crippen LogP contribution in [0.5, 0.6) is 0 Å². The lowest BCUT2D eigenvalue weighted by atomic mass is 9.94. The molecular formula is C15H23N3O. The van der Waals surface area contributed by atoms with Crippen molar-refractivity contribution in [1.82, 2.24) is 10.3 Å². The molecule has 2 rings (SSSR count). The minimum Gasteiger partial charge on any atom is -0.369 e. The fourth-order valence-corrected chi connectivity index (χ4v) is 2.84. The Morgan fingerprint density at radius 3 is 2.95 bits per heavy atom. The molecule has 0 saturated heterocycles. The van der Waals surface area contributed by atoms with E-state index in [1.54, 1.807) is 6.20 Å². The highest BCUT2D eigenvalue weighted by atomic mass is 16.1. The van der Waals surface area contributed by atoms with Crippen LogP contribution in [0.4, 0.5) is 0 Å². The van der Waals surface area contributed by atoms with Gasteiger partial charge >= 0.3 is 0 Å². The smallest absolute Gasteiger partial charge is 0.222 e. The molecule has 19 heavy (non-hydrogen) atoms. The summed E-state index contributed by atoms with van der Waals surface area (Å²) in [6, 6.07) is 4.23. The first-order valence-corrected chi connectivity index (χ1v) is 7.11. The van der Waals surface area contributed by atoms with Crippen LogP contribution in [0.15, 0.2) is 18.3 Å². The van der Waals surface area contributed by atoms with Crippen LogP contribution in [0.3, 0.4) is 0 Å². The van der Waals surface area contributed by atoms with Crippen LogP contribution in [0, 0.1) is 12.8 Å². The molecule has 1 fully saturated rings. The quantitative estimate of drug-likeness (QED) is 0.814. The van der Waals surface area contributed by atoms with Gasteiger partial charge in [0.1, 0.15) is 0 Å². The second-order valence-electron chi connectivity index (χ2n) is 5.38. The molecule has 2 unspecified atom stereocenters. The van der Waals surface area contributed by atoms with Crippen LogP contribution in [0.2, 0.25) is 0 Å². The summed E-state index contributed by atoms with van der Waals surface area (Å²) in [5.41, 5.74) is 7.77. The van der Waals surface area contributed by atoms with E-state index in [-0.39, 0.29) is 17.9 Å². The van der Waals surface area contributed by atoms with E-state index in [4.69, 9.17) is 5.73 Å². The van der Waals surface area contributed by atoms with E-state index in [0.717, 1.165) is 31.5 Å². The number of carbonyl (C=O) groups excluding carboxylic acids is 1. The Morgan fingerprint density at radius 2 is 2.21 bits per heavy atom. The first-order chi connectivity index (χ1) is 9.18. The SMILES string of the molecule is Cc1ncccc1CNC1CCCCCC1C(N)=O. The highest BCUT2D eigenvalue weighted by Gasteiger charge is 2.27. The topological polar surface area (TPSA) is 68.0 Å². The van der Waals surface area contributed by atoms with E-state index in [9.17, 15) is 4.79 Å². The minimum absolute atomic E-state index is 0.0283. The summed E-state index contributed by atoms with van der Waals surface area (Å²) in [5, 5.41) is 3.51. The van der Waals surface area contributed by atoms with Crippen LogP contribution in [0.25, 0.3) is 0 Å². The highest BCUT2D eigenvalue weighted by Crippen LogP contribution is 2.23. The molecule has 104 valence electrons. The third kappa shape index (κ3) is 3.77. The number of aryl methyl sites for hydroxylation is 1. The number of rotatable bonds is 4. The van der Waals surface area contributed by atoms with Crippen molar-refractivity contribution >= 4 is 5.91 Å². The Morgan fingerprint density at radius 1 is 1.42 bits per heavy atom. The van der Waals surface area contributed by atoms with E-state index in [0.29, 0.717) is 0 Å². The normalized spacial score (nSPS) is 23.8. The maximum atomic E-state index is 11.6. The molecule has 2 atom stereocenters. The Bertz CT molecular complexity index is 433. The summed E-state index contributed by atoms with van der Waals surface area (Å²) in [7, 11) is 0. The van der Waals surface area contributed by atoms with Gasteiger partial charge in [-0.25, -0.2) is 0 Å². The second kappa shape index (κ2) is 6.66. The number of nitrogens with two attached hydrogens (primary N) is 1. The molecule has 1 heterocycles. The van der Waals surface area contributed by atoms with E-state index >= 15 is 0 Å². The van der Waals surface area contributed by atoms with Crippen LogP contribution >= 0.6 is 0 Å². The maximum absolute atomic E-state index is 11.6. The zero-order valence-corrected chi connectivity index (χ0v) is 11.6. The molecule has 0 spiro atoms. The Hall–Kier alpha value is -1.42. The summed E-state index contributed by atoms with van der Waals surface area (Å²) < 4.78 is 0. The number of aromatic nitrogens is 1. The molecule has 1 amide bonds. The molecule has 0 aromatic carbocycles. The van der Waals surface area contributed by atoms with Gasteiger partial charge in [-0.05, 0) is 31.4 Å². The van der Waals surface area contributed by atoms with Gasteiger partial charge in [-0.2, -0.15) is 0 Å². The van der Waals surface area contributed by atoms with Gasteiger partial charge in [0.15, 0.2) is 0 Å². The van der Waals surface area contributed by atoms with Crippen molar-refractivity contribution in [3.05, 3.63) is 29.6 Å². The van der Waals surface area contributed by atoms with Crippen molar-refractivity contribution in [2.75, 3.05) is 0 Å². The zero-order chi connectivity index (χ0) is 13.7. The van der Waals surface area contributed by atoms with Gasteiger partial charge < -0.3 is 11.1 Å². The van der Waals surface area contributed by atoms with E-state index < -0.39 is 0 Å². The Balaban J connectivity index is 1.99. The molecular weight excluding hydrogens is 238 g/mol. The number of hydrogen-bond donors (Lipinski definition) is 2. The average molecular weight is 261 g/mol. The number of carbonyl (C=O) groups is 1. The van der Waals surface area contributed by atoms with Crippen LogP contribution < -0.4 is 11.1 Å². The number of pyridine rings is 1. The van der Waals surface area contributed by atoms with E-state index in [1.807, 2.05) is 13.0 Å². The lowest BCUT2D eigenvalue weighted by Gasteiger charge is -2.24. The monoisotopic (exact) mass is 261 g/mol. The summed E-state index contributed by atoms with van der Waals surface area (Å²) in [5.74, 6) is -0.193. The predicted octanol–water partition coefficient (Wildman–Crippen LogP) is 1.91. The summed E-state index contributed by atoms with van der Waals surface area (Å²) >= 11 is 0. The molecule has 0 bridgehead atoms. The average Bonchev–Trinajstić information content (AvgIpc) is 2.63. The van der Waals surface area contributed by atoms with Crippen molar-refractivity contribution in [3.63, 3.8) is 0 Å². The summed E-state index contributed by atoms with van der Waals surface area (Å²) in [6.07, 6.45) is 7.24. The van der Waals surface area contributed by atoms with Crippen molar-refractivity contribution in [1.29, 1.82) is 0 Å². The number of nitrogens with zero attached hydrogens (tertiary/aromatic N) is 1. The summed E-state index contributed by atoms with van der Waals surface area (Å²) in [6.45, 7) is 2.77. The van der Waals surface area contributed by atoms with Crippen molar-refractivity contribution in [3.8, 4) is 0 Å². The minimum atomic E-state index is -0.165. The molecule has 1 aromatic rings. The predicted molar refractivity (Wildman–Crippen MR) is 75.4 cm³/mol. The van der Waals surface area contributed by atoms with Crippen molar-refractivity contribution in [2.24, 2.45) is 11.7 Å². The number of primary amides is 1. The Kier molecular flexibility index (Phi) is 4.91. The first-order valence-electron chi connectivity index (χ1n) is 7.11.